The molecule has 0 radical (unpaired) electrons. The van der Waals surface area contributed by atoms with E-state index in [9.17, 15) is 10.2 Å². The summed E-state index contributed by atoms with van der Waals surface area (Å²) in [6, 6.07) is 14.3. The molecule has 0 aliphatic rings. The zero-order chi connectivity index (χ0) is 13.0. The second-order valence-electron chi connectivity index (χ2n) is 4.21. The average Bonchev–Trinajstić information content (AvgIpc) is 2.39. The number of hydrogen-bond donors (Lipinski definition) is 3. The molecule has 1 unspecified atom stereocenters. The van der Waals surface area contributed by atoms with Crippen molar-refractivity contribution in [1.29, 1.82) is 0 Å². The van der Waals surface area contributed by atoms with Crippen LogP contribution in [-0.4, -0.2) is 10.2 Å². The van der Waals surface area contributed by atoms with E-state index in [-0.39, 0.29) is 11.8 Å². The predicted molar refractivity (Wildman–Crippen MR) is 72.9 cm³/mol. The van der Waals surface area contributed by atoms with Crippen molar-refractivity contribution < 1.29 is 10.2 Å². The quantitative estimate of drug-likeness (QED) is 0.718. The molecule has 2 rings (SSSR count). The molecule has 0 aliphatic heterocycles. The maximum Gasteiger partial charge on any atom is 0.120 e. The summed E-state index contributed by atoms with van der Waals surface area (Å²) in [7, 11) is 0. The zero-order valence-corrected chi connectivity index (χ0v) is 10.3. The van der Waals surface area contributed by atoms with Gasteiger partial charge in [0.25, 0.3) is 0 Å². The van der Waals surface area contributed by atoms with Gasteiger partial charge in [0.2, 0.25) is 0 Å². The SMILES string of the molecule is CCC(Nc1ccc(O)cc1)c1ccccc1O. The van der Waals surface area contributed by atoms with Gasteiger partial charge in [-0.05, 0) is 36.8 Å². The number of nitrogens with one attached hydrogen (secondary N) is 1. The Kier molecular flexibility index (Phi) is 3.72. The molecule has 0 aromatic heterocycles. The fourth-order valence-corrected chi connectivity index (χ4v) is 1.94. The van der Waals surface area contributed by atoms with Gasteiger partial charge in [-0.15, -0.1) is 0 Å². The van der Waals surface area contributed by atoms with E-state index in [4.69, 9.17) is 0 Å². The summed E-state index contributed by atoms with van der Waals surface area (Å²) in [5, 5.41) is 22.4. The molecule has 0 aliphatic carbocycles. The van der Waals surface area contributed by atoms with Crippen molar-refractivity contribution in [2.75, 3.05) is 5.32 Å². The molecular formula is C15H17NO2. The van der Waals surface area contributed by atoms with Gasteiger partial charge in [-0.25, -0.2) is 0 Å². The number of aromatic hydroxyl groups is 2. The lowest BCUT2D eigenvalue weighted by atomic mass is 10.0. The van der Waals surface area contributed by atoms with Gasteiger partial charge in [0.15, 0.2) is 0 Å². The van der Waals surface area contributed by atoms with Crippen LogP contribution in [0.5, 0.6) is 11.5 Å². The first-order valence-corrected chi connectivity index (χ1v) is 6.04. The van der Waals surface area contributed by atoms with E-state index in [2.05, 4.69) is 12.2 Å². The molecule has 0 bridgehead atoms. The van der Waals surface area contributed by atoms with Gasteiger partial charge < -0.3 is 15.5 Å². The van der Waals surface area contributed by atoms with Gasteiger partial charge in [-0.3, -0.25) is 0 Å². The van der Waals surface area contributed by atoms with Crippen LogP contribution in [0.2, 0.25) is 0 Å². The summed E-state index contributed by atoms with van der Waals surface area (Å²) in [5.41, 5.74) is 1.80. The van der Waals surface area contributed by atoms with Crippen molar-refractivity contribution in [3.63, 3.8) is 0 Å². The number of rotatable bonds is 4. The molecule has 3 N–H and O–H groups in total. The van der Waals surface area contributed by atoms with Crippen LogP contribution in [-0.2, 0) is 0 Å². The summed E-state index contributed by atoms with van der Waals surface area (Å²) >= 11 is 0. The van der Waals surface area contributed by atoms with Crippen LogP contribution in [0.15, 0.2) is 48.5 Å². The number of phenolic OH excluding ortho intramolecular Hbond substituents is 2. The molecule has 3 nitrogen and oxygen atoms in total. The summed E-state index contributed by atoms with van der Waals surface area (Å²) < 4.78 is 0. The van der Waals surface area contributed by atoms with Crippen molar-refractivity contribution >= 4 is 5.69 Å². The lowest BCUT2D eigenvalue weighted by molar-refractivity contribution is 0.462. The highest BCUT2D eigenvalue weighted by atomic mass is 16.3. The maximum absolute atomic E-state index is 9.85. The van der Waals surface area contributed by atoms with E-state index in [1.54, 1.807) is 18.2 Å². The molecule has 2 aromatic carbocycles. The summed E-state index contributed by atoms with van der Waals surface area (Å²) in [6.07, 6.45) is 0.860. The van der Waals surface area contributed by atoms with Gasteiger partial charge >= 0.3 is 0 Å². The molecule has 0 spiro atoms. The second-order valence-corrected chi connectivity index (χ2v) is 4.21. The minimum atomic E-state index is 0.0516. The Balaban J connectivity index is 2.20. The van der Waals surface area contributed by atoms with E-state index in [1.807, 2.05) is 30.3 Å². The molecule has 3 heteroatoms. The van der Waals surface area contributed by atoms with Gasteiger partial charge in [0.1, 0.15) is 11.5 Å². The Bertz CT molecular complexity index is 508. The highest BCUT2D eigenvalue weighted by molar-refractivity contribution is 5.49. The van der Waals surface area contributed by atoms with Crippen LogP contribution in [0.25, 0.3) is 0 Å². The number of phenols is 2. The molecule has 94 valence electrons. The van der Waals surface area contributed by atoms with E-state index in [0.717, 1.165) is 17.7 Å². The molecule has 0 saturated carbocycles. The predicted octanol–water partition coefficient (Wildman–Crippen LogP) is 3.66. The number of hydrogen-bond acceptors (Lipinski definition) is 3. The number of anilines is 1. The van der Waals surface area contributed by atoms with E-state index in [0.29, 0.717) is 5.75 Å². The van der Waals surface area contributed by atoms with Crippen molar-refractivity contribution in [2.45, 2.75) is 19.4 Å². The van der Waals surface area contributed by atoms with Gasteiger partial charge in [0, 0.05) is 11.3 Å². The van der Waals surface area contributed by atoms with Crippen molar-refractivity contribution in [1.82, 2.24) is 0 Å². The van der Waals surface area contributed by atoms with Crippen molar-refractivity contribution in [3.8, 4) is 11.5 Å². The second kappa shape index (κ2) is 5.45. The van der Waals surface area contributed by atoms with Gasteiger partial charge in [-0.1, -0.05) is 25.1 Å². The third kappa shape index (κ3) is 2.74. The van der Waals surface area contributed by atoms with Crippen LogP contribution in [0.4, 0.5) is 5.69 Å². The van der Waals surface area contributed by atoms with E-state index >= 15 is 0 Å². The van der Waals surface area contributed by atoms with Crippen LogP contribution in [0.3, 0.4) is 0 Å². The van der Waals surface area contributed by atoms with Crippen LogP contribution in [0, 0.1) is 0 Å². The Morgan fingerprint density at radius 3 is 2.28 bits per heavy atom. The summed E-state index contributed by atoms with van der Waals surface area (Å²) in [4.78, 5) is 0. The zero-order valence-electron chi connectivity index (χ0n) is 10.3. The normalized spacial score (nSPS) is 12.1. The standard InChI is InChI=1S/C15H17NO2/c1-2-14(13-5-3-4-6-15(13)18)16-11-7-9-12(17)10-8-11/h3-10,14,16-18H,2H2,1H3. The molecule has 1 atom stereocenters. The Labute approximate surface area is 107 Å². The van der Waals surface area contributed by atoms with E-state index in [1.165, 1.54) is 0 Å². The Hall–Kier alpha value is -2.16. The van der Waals surface area contributed by atoms with Crippen LogP contribution in [0.1, 0.15) is 24.9 Å². The third-order valence-corrected chi connectivity index (χ3v) is 2.93. The van der Waals surface area contributed by atoms with Crippen LogP contribution >= 0.6 is 0 Å². The molecule has 0 saturated heterocycles. The van der Waals surface area contributed by atoms with E-state index < -0.39 is 0 Å². The minimum Gasteiger partial charge on any atom is -0.508 e. The maximum atomic E-state index is 9.85. The largest absolute Gasteiger partial charge is 0.508 e. The summed E-state index contributed by atoms with van der Waals surface area (Å²) in [5.74, 6) is 0.548. The lowest BCUT2D eigenvalue weighted by Crippen LogP contribution is -2.09. The molecule has 0 amide bonds. The minimum absolute atomic E-state index is 0.0516. The third-order valence-electron chi connectivity index (χ3n) is 2.93. The number of benzene rings is 2. The monoisotopic (exact) mass is 243 g/mol. The number of para-hydroxylation sites is 1. The fraction of sp³-hybridized carbons (Fsp3) is 0.200. The molecule has 0 fully saturated rings. The highest BCUT2D eigenvalue weighted by Crippen LogP contribution is 2.29. The topological polar surface area (TPSA) is 52.5 Å². The first-order valence-electron chi connectivity index (χ1n) is 6.04. The van der Waals surface area contributed by atoms with Gasteiger partial charge in [-0.2, -0.15) is 0 Å². The molecular weight excluding hydrogens is 226 g/mol. The average molecular weight is 243 g/mol. The molecule has 0 heterocycles. The first-order chi connectivity index (χ1) is 8.70. The fourth-order valence-electron chi connectivity index (χ4n) is 1.94. The van der Waals surface area contributed by atoms with Crippen LogP contribution < -0.4 is 5.32 Å². The molecule has 18 heavy (non-hydrogen) atoms. The summed E-state index contributed by atoms with van der Waals surface area (Å²) in [6.45, 7) is 2.06. The Morgan fingerprint density at radius 2 is 1.67 bits per heavy atom. The smallest absolute Gasteiger partial charge is 0.120 e. The van der Waals surface area contributed by atoms with Crippen molar-refractivity contribution in [2.24, 2.45) is 0 Å². The first kappa shape index (κ1) is 12.3. The lowest BCUT2D eigenvalue weighted by Gasteiger charge is -2.19. The molecule has 2 aromatic rings. The van der Waals surface area contributed by atoms with Crippen molar-refractivity contribution in [3.05, 3.63) is 54.1 Å². The van der Waals surface area contributed by atoms with Gasteiger partial charge in [0.05, 0.1) is 6.04 Å². The highest BCUT2D eigenvalue weighted by Gasteiger charge is 2.12. The Morgan fingerprint density at radius 1 is 1.00 bits per heavy atom.